The Balaban J connectivity index is 0.000000170. The molecule has 0 aliphatic heterocycles. The molecule has 9 rings (SSSR count). The minimum Gasteiger partial charge on any atom is -0.480 e. The van der Waals surface area contributed by atoms with Crippen LogP contribution in [-0.4, -0.2) is 9.97 Å². The van der Waals surface area contributed by atoms with Crippen molar-refractivity contribution in [3.05, 3.63) is 156 Å². The summed E-state index contributed by atoms with van der Waals surface area (Å²) in [4.78, 5) is 9.46. The van der Waals surface area contributed by atoms with Crippen molar-refractivity contribution in [3.8, 4) is 22.4 Å². The van der Waals surface area contributed by atoms with Crippen molar-refractivity contribution in [1.82, 2.24) is 9.97 Å². The molecule has 2 unspecified atom stereocenters. The molecular formula is C39H32IrN2-2. The van der Waals surface area contributed by atoms with Crippen LogP contribution in [0.2, 0.25) is 0 Å². The average Bonchev–Trinajstić information content (AvgIpc) is 3.76. The van der Waals surface area contributed by atoms with Gasteiger partial charge in [0, 0.05) is 37.4 Å². The van der Waals surface area contributed by atoms with E-state index < -0.39 is 0 Å². The number of pyridine rings is 2. The van der Waals surface area contributed by atoms with Crippen LogP contribution in [0.1, 0.15) is 22.4 Å². The van der Waals surface area contributed by atoms with Crippen LogP contribution in [0.15, 0.2) is 122 Å². The zero-order chi connectivity index (χ0) is 28.0. The van der Waals surface area contributed by atoms with Gasteiger partial charge in [0.1, 0.15) is 0 Å². The van der Waals surface area contributed by atoms with Crippen LogP contribution in [0.3, 0.4) is 0 Å². The molecule has 3 aromatic carbocycles. The molecule has 1 fully saturated rings. The van der Waals surface area contributed by atoms with Gasteiger partial charge in [0.25, 0.3) is 0 Å². The summed E-state index contributed by atoms with van der Waals surface area (Å²) in [7, 11) is 0. The number of rotatable bonds is 3. The second-order valence-electron chi connectivity index (χ2n) is 11.5. The molecule has 1 saturated carbocycles. The van der Waals surface area contributed by atoms with Gasteiger partial charge in [-0.3, -0.25) is 11.1 Å². The maximum atomic E-state index is 5.06. The van der Waals surface area contributed by atoms with Crippen LogP contribution >= 0.6 is 0 Å². The van der Waals surface area contributed by atoms with Crippen LogP contribution in [0.5, 0.6) is 0 Å². The van der Waals surface area contributed by atoms with Crippen molar-refractivity contribution in [2.75, 3.05) is 0 Å². The molecule has 4 aliphatic rings. The summed E-state index contributed by atoms with van der Waals surface area (Å²) in [5.41, 5.74) is 9.91. The van der Waals surface area contributed by atoms with E-state index in [4.69, 9.17) is 4.98 Å². The summed E-state index contributed by atoms with van der Waals surface area (Å²) in [6.07, 6.45) is 17.2. The molecule has 4 bridgehead atoms. The molecule has 209 valence electrons. The SMILES string of the molecule is Cc1[c-]c(-c2ccc(C)cn2)cc(C)c1.[C-]1=CC2C3C=CC1(c1ccc4c(-c5ccccc5)cccc4n1)C=CC23.[Ir]. The van der Waals surface area contributed by atoms with Gasteiger partial charge in [0.05, 0.1) is 5.52 Å². The second kappa shape index (κ2) is 11.4. The predicted octanol–water partition coefficient (Wildman–Crippen LogP) is 8.97. The first-order valence-corrected chi connectivity index (χ1v) is 14.4. The van der Waals surface area contributed by atoms with Crippen LogP contribution in [0.25, 0.3) is 33.3 Å². The topological polar surface area (TPSA) is 25.8 Å². The summed E-state index contributed by atoms with van der Waals surface area (Å²) in [5, 5.41) is 1.20. The zero-order valence-corrected chi connectivity index (χ0v) is 26.4. The van der Waals surface area contributed by atoms with Gasteiger partial charge >= 0.3 is 0 Å². The normalized spacial score (nSPS) is 22.5. The van der Waals surface area contributed by atoms with Crippen molar-refractivity contribution in [3.63, 3.8) is 0 Å². The maximum absolute atomic E-state index is 5.06. The Morgan fingerprint density at radius 2 is 1.52 bits per heavy atom. The summed E-state index contributed by atoms with van der Waals surface area (Å²) in [6, 6.07) is 33.0. The predicted molar refractivity (Wildman–Crippen MR) is 168 cm³/mol. The van der Waals surface area contributed by atoms with Gasteiger partial charge in [-0.2, -0.15) is 0 Å². The Morgan fingerprint density at radius 1 is 0.738 bits per heavy atom. The minimum absolute atomic E-state index is 0. The Bertz CT molecular complexity index is 1760. The maximum Gasteiger partial charge on any atom is 0.0710 e. The number of aryl methyl sites for hydroxylation is 3. The Labute approximate surface area is 262 Å². The molecule has 0 N–H and O–H groups in total. The Hall–Kier alpha value is -3.91. The van der Waals surface area contributed by atoms with Crippen molar-refractivity contribution in [2.45, 2.75) is 26.2 Å². The van der Waals surface area contributed by atoms with Crippen molar-refractivity contribution in [1.29, 1.82) is 0 Å². The standard InChI is InChI=1S/C25H18N.C14H14N.Ir/c1-2-5-17(6-3-1)18-7-4-8-23-22(18)9-10-24(26-23)25-14-11-19-20(12-15-25)21(19)13-16-25;1-10-4-5-14(15-9-10)13-7-11(2)6-12(3)8-13;/h1-15,19-21H;4-7,9H,1-3H3;/q2*-1;. The van der Waals surface area contributed by atoms with Gasteiger partial charge in [-0.15, -0.1) is 47.0 Å². The molecule has 2 atom stereocenters. The molecule has 4 aliphatic carbocycles. The Morgan fingerprint density at radius 3 is 2.24 bits per heavy atom. The van der Waals surface area contributed by atoms with E-state index in [1.165, 1.54) is 27.6 Å². The molecule has 0 saturated heterocycles. The number of hydrogen-bond donors (Lipinski definition) is 0. The van der Waals surface area contributed by atoms with E-state index in [2.05, 4.69) is 140 Å². The molecule has 1 radical (unpaired) electrons. The van der Waals surface area contributed by atoms with E-state index in [0.717, 1.165) is 28.0 Å². The number of nitrogens with zero attached hydrogens (tertiary/aromatic N) is 2. The number of benzene rings is 3. The fourth-order valence-electron chi connectivity index (χ4n) is 6.19. The number of aromatic nitrogens is 2. The molecule has 42 heavy (non-hydrogen) atoms. The summed E-state index contributed by atoms with van der Waals surface area (Å²) in [6.45, 7) is 6.20. The van der Waals surface area contributed by atoms with Crippen molar-refractivity contribution in [2.24, 2.45) is 17.8 Å². The first-order chi connectivity index (χ1) is 20.0. The molecule has 0 spiro atoms. The molecule has 2 aromatic heterocycles. The van der Waals surface area contributed by atoms with E-state index >= 15 is 0 Å². The van der Waals surface area contributed by atoms with Crippen molar-refractivity contribution < 1.29 is 20.1 Å². The summed E-state index contributed by atoms with van der Waals surface area (Å²) < 4.78 is 0. The molecule has 5 aromatic rings. The second-order valence-corrected chi connectivity index (χ2v) is 11.5. The van der Waals surface area contributed by atoms with E-state index in [1.54, 1.807) is 0 Å². The minimum atomic E-state index is -0.310. The molecule has 0 amide bonds. The van der Waals surface area contributed by atoms with Crippen LogP contribution in [0.4, 0.5) is 0 Å². The number of hydrogen-bond acceptors (Lipinski definition) is 2. The zero-order valence-electron chi connectivity index (χ0n) is 24.0. The third-order valence-electron chi connectivity index (χ3n) is 8.45. The van der Waals surface area contributed by atoms with E-state index in [0.29, 0.717) is 17.8 Å². The molecule has 2 heterocycles. The monoisotopic (exact) mass is 721 g/mol. The fourth-order valence-corrected chi connectivity index (χ4v) is 6.19. The first-order valence-electron chi connectivity index (χ1n) is 14.4. The quantitative estimate of drug-likeness (QED) is 0.137. The summed E-state index contributed by atoms with van der Waals surface area (Å²) >= 11 is 0. The van der Waals surface area contributed by atoms with Gasteiger partial charge in [-0.1, -0.05) is 92.1 Å². The molecule has 2 nitrogen and oxygen atoms in total. The average molecular weight is 721 g/mol. The van der Waals surface area contributed by atoms with E-state index in [1.807, 2.05) is 19.2 Å². The van der Waals surface area contributed by atoms with Gasteiger partial charge < -0.3 is 11.1 Å². The smallest absolute Gasteiger partial charge is 0.0710 e. The van der Waals surface area contributed by atoms with Gasteiger partial charge in [-0.25, -0.2) is 0 Å². The molecule has 3 heteroatoms. The van der Waals surface area contributed by atoms with Crippen molar-refractivity contribution >= 4 is 10.9 Å². The number of allylic oxidation sites excluding steroid dienone is 6. The number of fused-ring (bicyclic) bond motifs is 1. The fraction of sp³-hybridized carbons (Fsp3) is 0.179. The largest absolute Gasteiger partial charge is 0.480 e. The van der Waals surface area contributed by atoms with Gasteiger partial charge in [-0.05, 0) is 59.2 Å². The van der Waals surface area contributed by atoms with E-state index in [-0.39, 0.29) is 25.5 Å². The molecular weight excluding hydrogens is 689 g/mol. The van der Waals surface area contributed by atoms with Crippen LogP contribution in [-0.2, 0) is 25.5 Å². The Kier molecular flexibility index (Phi) is 7.66. The van der Waals surface area contributed by atoms with E-state index in [9.17, 15) is 0 Å². The third kappa shape index (κ3) is 5.36. The van der Waals surface area contributed by atoms with Gasteiger partial charge in [0.15, 0.2) is 0 Å². The van der Waals surface area contributed by atoms with Crippen LogP contribution in [0, 0.1) is 50.7 Å². The third-order valence-corrected chi connectivity index (χ3v) is 8.45. The van der Waals surface area contributed by atoms with Gasteiger partial charge in [0.2, 0.25) is 0 Å². The summed E-state index contributed by atoms with van der Waals surface area (Å²) in [5.74, 6) is 2.00. The van der Waals surface area contributed by atoms with Crippen LogP contribution < -0.4 is 0 Å². The first kappa shape index (κ1) is 28.2.